The number of rotatable bonds is 3. The van der Waals surface area contributed by atoms with Crippen LogP contribution >= 0.6 is 0 Å². The molecule has 7 heteroatoms. The van der Waals surface area contributed by atoms with E-state index in [2.05, 4.69) is 10.1 Å². The van der Waals surface area contributed by atoms with Crippen LogP contribution in [-0.4, -0.2) is 38.2 Å². The smallest absolute Gasteiger partial charge is 0.272 e. The summed E-state index contributed by atoms with van der Waals surface area (Å²) >= 11 is 0. The molecule has 1 aliphatic rings. The van der Waals surface area contributed by atoms with Gasteiger partial charge in [0.2, 0.25) is 5.88 Å². The van der Waals surface area contributed by atoms with Crippen LogP contribution in [0.25, 0.3) is 0 Å². The van der Waals surface area contributed by atoms with Gasteiger partial charge in [0.15, 0.2) is 0 Å². The number of fused-ring (bicyclic) bond motifs is 1. The predicted molar refractivity (Wildman–Crippen MR) is 87.9 cm³/mol. The number of pyridine rings is 1. The van der Waals surface area contributed by atoms with E-state index in [0.717, 1.165) is 11.3 Å². The average molecular weight is 328 g/mol. The maximum absolute atomic E-state index is 12.7. The van der Waals surface area contributed by atoms with Crippen molar-refractivity contribution in [1.29, 1.82) is 0 Å². The van der Waals surface area contributed by atoms with Crippen LogP contribution in [0, 0.1) is 0 Å². The Morgan fingerprint density at radius 1 is 1.33 bits per heavy atom. The lowest BCUT2D eigenvalue weighted by Gasteiger charge is -2.28. The molecule has 2 aromatic heterocycles. The van der Waals surface area contributed by atoms with Gasteiger partial charge < -0.3 is 9.64 Å². The van der Waals surface area contributed by atoms with Crippen LogP contribution in [0.1, 0.15) is 35.6 Å². The molecule has 0 unspecified atom stereocenters. The lowest BCUT2D eigenvalue weighted by Crippen LogP contribution is -2.38. The maximum Gasteiger partial charge on any atom is 0.272 e. The molecule has 0 atom stereocenters. The number of hydrogen-bond donors (Lipinski definition) is 0. The van der Waals surface area contributed by atoms with Crippen molar-refractivity contribution in [2.75, 3.05) is 6.54 Å². The van der Waals surface area contributed by atoms with Gasteiger partial charge in [-0.2, -0.15) is 5.10 Å². The van der Waals surface area contributed by atoms with Crippen LogP contribution < -0.4 is 10.3 Å². The molecular formula is C17H20N4O3. The molecule has 24 heavy (non-hydrogen) atoms. The first-order valence-corrected chi connectivity index (χ1v) is 7.93. The topological polar surface area (TPSA) is 77.3 Å². The Morgan fingerprint density at radius 3 is 2.88 bits per heavy atom. The summed E-state index contributed by atoms with van der Waals surface area (Å²) in [4.78, 5) is 30.4. The van der Waals surface area contributed by atoms with Crippen LogP contribution in [0.4, 0.5) is 0 Å². The Kier molecular flexibility index (Phi) is 4.33. The number of aryl methyl sites for hydroxylation is 1. The van der Waals surface area contributed by atoms with Crippen LogP contribution in [0.15, 0.2) is 29.1 Å². The van der Waals surface area contributed by atoms with Crippen LogP contribution in [0.2, 0.25) is 0 Å². The van der Waals surface area contributed by atoms with Gasteiger partial charge >= 0.3 is 0 Å². The molecule has 0 spiro atoms. The van der Waals surface area contributed by atoms with Gasteiger partial charge in [-0.1, -0.05) is 6.07 Å². The van der Waals surface area contributed by atoms with Crippen molar-refractivity contribution in [3.05, 3.63) is 51.6 Å². The van der Waals surface area contributed by atoms with Crippen molar-refractivity contribution in [3.8, 4) is 5.88 Å². The SMILES string of the molecule is CC(C)Oc1cccc(C(=O)N2CCc3nn(C)c(=O)cc3C2)n1. The Balaban J connectivity index is 1.81. The minimum Gasteiger partial charge on any atom is -0.475 e. The summed E-state index contributed by atoms with van der Waals surface area (Å²) in [5.74, 6) is 0.263. The Hall–Kier alpha value is -2.70. The van der Waals surface area contributed by atoms with Crippen molar-refractivity contribution < 1.29 is 9.53 Å². The molecule has 0 fully saturated rings. The van der Waals surface area contributed by atoms with E-state index in [-0.39, 0.29) is 17.6 Å². The third-order valence-electron chi connectivity index (χ3n) is 3.82. The van der Waals surface area contributed by atoms with Gasteiger partial charge in [-0.15, -0.1) is 0 Å². The van der Waals surface area contributed by atoms with Crippen LogP contribution in [0.3, 0.4) is 0 Å². The number of amides is 1. The quantitative estimate of drug-likeness (QED) is 0.845. The van der Waals surface area contributed by atoms with Gasteiger partial charge in [0.25, 0.3) is 11.5 Å². The monoisotopic (exact) mass is 328 g/mol. The van der Waals surface area contributed by atoms with E-state index >= 15 is 0 Å². The van der Waals surface area contributed by atoms with Gasteiger partial charge in [0.1, 0.15) is 5.69 Å². The Labute approximate surface area is 139 Å². The largest absolute Gasteiger partial charge is 0.475 e. The molecule has 0 bridgehead atoms. The molecular weight excluding hydrogens is 308 g/mol. The lowest BCUT2D eigenvalue weighted by molar-refractivity contribution is 0.0725. The van der Waals surface area contributed by atoms with Crippen LogP contribution in [-0.2, 0) is 20.0 Å². The second kappa shape index (κ2) is 6.43. The molecule has 0 aromatic carbocycles. The highest BCUT2D eigenvalue weighted by Crippen LogP contribution is 2.18. The number of hydrogen-bond acceptors (Lipinski definition) is 5. The first-order chi connectivity index (χ1) is 11.4. The third-order valence-corrected chi connectivity index (χ3v) is 3.82. The second-order valence-corrected chi connectivity index (χ2v) is 6.08. The molecule has 0 saturated carbocycles. The van der Waals surface area contributed by atoms with Gasteiger partial charge in [-0.25, -0.2) is 9.67 Å². The number of ether oxygens (including phenoxy) is 1. The standard InChI is InChI=1S/C17H20N4O3/c1-11(2)24-15-6-4-5-14(18-15)17(23)21-8-7-13-12(10-21)9-16(22)20(3)19-13/h4-6,9,11H,7-8,10H2,1-3H3. The summed E-state index contributed by atoms with van der Waals surface area (Å²) in [5, 5.41) is 4.26. The molecule has 0 radical (unpaired) electrons. The maximum atomic E-state index is 12.7. The zero-order valence-electron chi connectivity index (χ0n) is 14.0. The highest BCUT2D eigenvalue weighted by molar-refractivity contribution is 5.92. The zero-order chi connectivity index (χ0) is 17.3. The van der Waals surface area contributed by atoms with Gasteiger partial charge in [0, 0.05) is 44.3 Å². The van der Waals surface area contributed by atoms with E-state index in [9.17, 15) is 9.59 Å². The normalized spacial score (nSPS) is 13.8. The predicted octanol–water partition coefficient (Wildman–Crippen LogP) is 1.16. The third kappa shape index (κ3) is 3.29. The molecule has 0 N–H and O–H groups in total. The first-order valence-electron chi connectivity index (χ1n) is 7.93. The number of carbonyl (C=O) groups excluding carboxylic acids is 1. The molecule has 3 rings (SSSR count). The minimum atomic E-state index is -0.173. The van der Waals surface area contributed by atoms with Crippen LogP contribution in [0.5, 0.6) is 5.88 Å². The lowest BCUT2D eigenvalue weighted by atomic mass is 10.1. The van der Waals surface area contributed by atoms with Crippen molar-refractivity contribution in [2.45, 2.75) is 32.9 Å². The van der Waals surface area contributed by atoms with E-state index in [1.54, 1.807) is 36.2 Å². The van der Waals surface area contributed by atoms with E-state index in [1.807, 2.05) is 13.8 Å². The molecule has 0 aliphatic carbocycles. The van der Waals surface area contributed by atoms with Crippen molar-refractivity contribution in [2.24, 2.45) is 7.05 Å². The summed E-state index contributed by atoms with van der Waals surface area (Å²) in [6.45, 7) is 4.73. The zero-order valence-corrected chi connectivity index (χ0v) is 14.0. The van der Waals surface area contributed by atoms with Crippen molar-refractivity contribution in [1.82, 2.24) is 19.7 Å². The first kappa shape index (κ1) is 16.2. The minimum absolute atomic E-state index is 0.00740. The molecule has 0 saturated heterocycles. The van der Waals surface area contributed by atoms with Crippen molar-refractivity contribution >= 4 is 5.91 Å². The van der Waals surface area contributed by atoms with E-state index < -0.39 is 0 Å². The van der Waals surface area contributed by atoms with Gasteiger partial charge in [-0.3, -0.25) is 9.59 Å². The highest BCUT2D eigenvalue weighted by atomic mass is 16.5. The second-order valence-electron chi connectivity index (χ2n) is 6.08. The van der Waals surface area contributed by atoms with Gasteiger partial charge in [-0.05, 0) is 19.9 Å². The fourth-order valence-corrected chi connectivity index (χ4v) is 2.67. The molecule has 2 aromatic rings. The van der Waals surface area contributed by atoms with E-state index in [1.165, 1.54) is 4.68 Å². The molecule has 126 valence electrons. The summed E-state index contributed by atoms with van der Waals surface area (Å²) < 4.78 is 6.87. The summed E-state index contributed by atoms with van der Waals surface area (Å²) in [5.41, 5.74) is 1.83. The summed E-state index contributed by atoms with van der Waals surface area (Å²) in [6, 6.07) is 6.71. The number of nitrogens with zero attached hydrogens (tertiary/aromatic N) is 4. The highest BCUT2D eigenvalue weighted by Gasteiger charge is 2.24. The van der Waals surface area contributed by atoms with Crippen molar-refractivity contribution in [3.63, 3.8) is 0 Å². The fraction of sp³-hybridized carbons (Fsp3) is 0.412. The average Bonchev–Trinajstić information content (AvgIpc) is 2.54. The van der Waals surface area contributed by atoms with Gasteiger partial charge in [0.05, 0.1) is 11.8 Å². The van der Waals surface area contributed by atoms with E-state index in [0.29, 0.717) is 31.1 Å². The summed E-state index contributed by atoms with van der Waals surface area (Å²) in [7, 11) is 1.63. The number of carbonyl (C=O) groups is 1. The molecule has 7 nitrogen and oxygen atoms in total. The fourth-order valence-electron chi connectivity index (χ4n) is 2.67. The Morgan fingerprint density at radius 2 is 2.12 bits per heavy atom. The molecule has 3 heterocycles. The van der Waals surface area contributed by atoms with E-state index in [4.69, 9.17) is 4.74 Å². The molecule has 1 aliphatic heterocycles. The molecule has 1 amide bonds. The summed E-state index contributed by atoms with van der Waals surface area (Å²) in [6.07, 6.45) is 0.615. The number of aromatic nitrogens is 3. The Bertz CT molecular complexity index is 829.